The number of aromatic hydroxyl groups is 1. The maximum Gasteiger partial charge on any atom is 0.547 e. The maximum atomic E-state index is 14.9. The summed E-state index contributed by atoms with van der Waals surface area (Å²) in [6.07, 6.45) is 0.869. The lowest BCUT2D eigenvalue weighted by Gasteiger charge is -2.39. The summed E-state index contributed by atoms with van der Waals surface area (Å²) in [5, 5.41) is 34.2. The molecule has 2 aliphatic rings. The lowest BCUT2D eigenvalue weighted by molar-refractivity contribution is -0.156. The van der Waals surface area contributed by atoms with E-state index < -0.39 is 72.1 Å². The van der Waals surface area contributed by atoms with Crippen molar-refractivity contribution in [3.63, 3.8) is 0 Å². The summed E-state index contributed by atoms with van der Waals surface area (Å²) in [5.41, 5.74) is 5.16. The maximum absolute atomic E-state index is 14.9. The van der Waals surface area contributed by atoms with Crippen LogP contribution in [0.15, 0.2) is 30.5 Å². The van der Waals surface area contributed by atoms with Crippen LogP contribution < -0.4 is 21.0 Å². The number of likely N-dealkylation sites (N-methyl/N-ethyl adjacent to an activating group) is 1. The molecule has 5 amide bonds. The van der Waals surface area contributed by atoms with Crippen molar-refractivity contribution >= 4 is 36.8 Å². The zero-order valence-corrected chi connectivity index (χ0v) is 22.3. The monoisotopic (exact) mass is 586 g/mol. The summed E-state index contributed by atoms with van der Waals surface area (Å²) in [4.78, 5) is 69.4. The van der Waals surface area contributed by atoms with E-state index in [1.54, 1.807) is 6.92 Å². The van der Waals surface area contributed by atoms with E-state index in [0.717, 1.165) is 6.20 Å². The molecule has 17 heteroatoms. The molecule has 3 atom stereocenters. The van der Waals surface area contributed by atoms with Gasteiger partial charge in [-0.05, 0) is 37.9 Å². The van der Waals surface area contributed by atoms with E-state index in [1.165, 1.54) is 23.1 Å². The van der Waals surface area contributed by atoms with Crippen LogP contribution in [-0.2, 0) is 20.8 Å². The minimum atomic E-state index is -1.91. The molecule has 2 aromatic rings. The Morgan fingerprint density at radius 1 is 1.29 bits per heavy atom. The Labute approximate surface area is 238 Å². The predicted molar refractivity (Wildman–Crippen MR) is 141 cm³/mol. The number of nitrogens with one attached hydrogen (secondary N) is 2. The van der Waals surface area contributed by atoms with Crippen LogP contribution in [0.1, 0.15) is 41.0 Å². The molecule has 1 unspecified atom stereocenters. The zero-order valence-electron chi connectivity index (χ0n) is 22.3. The predicted octanol–water partition coefficient (Wildman–Crippen LogP) is -1.08. The van der Waals surface area contributed by atoms with E-state index in [2.05, 4.69) is 15.6 Å². The molecule has 15 nitrogen and oxygen atoms in total. The van der Waals surface area contributed by atoms with E-state index in [0.29, 0.717) is 16.5 Å². The number of para-hydroxylation sites is 1. The number of aromatic nitrogens is 1. The topological polar surface area (TPSA) is 225 Å². The number of rotatable bonds is 8. The largest absolute Gasteiger partial charge is 0.547 e. The van der Waals surface area contributed by atoms with Crippen molar-refractivity contribution in [3.05, 3.63) is 53.1 Å². The average molecular weight is 586 g/mol. The van der Waals surface area contributed by atoms with Crippen LogP contribution in [0.3, 0.4) is 0 Å². The Hall–Kier alpha value is -4.77. The lowest BCUT2D eigenvalue weighted by atomic mass is 9.72. The number of imide groups is 1. The molecule has 1 aromatic carbocycles. The van der Waals surface area contributed by atoms with Crippen LogP contribution in [0.25, 0.3) is 0 Å². The first-order chi connectivity index (χ1) is 20.0. The van der Waals surface area contributed by atoms with Gasteiger partial charge in [-0.25, -0.2) is 14.0 Å². The second-order valence-electron chi connectivity index (χ2n) is 9.62. The van der Waals surface area contributed by atoms with E-state index in [1.807, 2.05) is 0 Å². The third kappa shape index (κ3) is 5.96. The van der Waals surface area contributed by atoms with E-state index in [-0.39, 0.29) is 43.8 Å². The quantitative estimate of drug-likeness (QED) is 0.161. The Morgan fingerprint density at radius 3 is 2.67 bits per heavy atom. The van der Waals surface area contributed by atoms with Crippen LogP contribution in [-0.4, -0.2) is 98.5 Å². The van der Waals surface area contributed by atoms with Crippen LogP contribution in [0.4, 0.5) is 9.18 Å². The first-order valence-corrected chi connectivity index (χ1v) is 12.9. The molecule has 0 saturated carbocycles. The molecule has 0 radical (unpaired) electrons. The van der Waals surface area contributed by atoms with Crippen LogP contribution >= 0.6 is 0 Å². The molecule has 0 spiro atoms. The van der Waals surface area contributed by atoms with Gasteiger partial charge in [0, 0.05) is 19.2 Å². The highest BCUT2D eigenvalue weighted by Crippen LogP contribution is 2.30. The number of aromatic carboxylic acids is 1. The Morgan fingerprint density at radius 2 is 2.02 bits per heavy atom. The normalized spacial score (nSPS) is 19.1. The molecular formula is C25H28BFN6O9. The van der Waals surface area contributed by atoms with Crippen LogP contribution in [0.2, 0.25) is 0 Å². The van der Waals surface area contributed by atoms with E-state index >= 15 is 0 Å². The smallest absolute Gasteiger partial charge is 0.534 e. The zero-order chi connectivity index (χ0) is 30.7. The highest BCUT2D eigenvalue weighted by atomic mass is 19.1. The summed E-state index contributed by atoms with van der Waals surface area (Å²) >= 11 is 0. The molecule has 4 rings (SSSR count). The van der Waals surface area contributed by atoms with Gasteiger partial charge in [0.25, 0.3) is 0 Å². The third-order valence-electron chi connectivity index (χ3n) is 6.92. The van der Waals surface area contributed by atoms with Gasteiger partial charge in [0.15, 0.2) is 11.9 Å². The highest BCUT2D eigenvalue weighted by Gasteiger charge is 2.44. The number of piperazine rings is 1. The van der Waals surface area contributed by atoms with Gasteiger partial charge in [0.1, 0.15) is 17.2 Å². The first-order valence-electron chi connectivity index (χ1n) is 12.9. The number of carboxylic acid groups (broad SMARTS) is 1. The number of urea groups is 1. The first kappa shape index (κ1) is 30.2. The number of hydrogen-bond acceptors (Lipinski definition) is 10. The van der Waals surface area contributed by atoms with Gasteiger partial charge in [-0.1, -0.05) is 12.1 Å². The Balaban J connectivity index is 1.62. The number of carboxylic acids is 1. The number of fused-ring (bicyclic) bond motifs is 1. The fraction of sp³-hybridized carbons (Fsp3) is 0.360. The van der Waals surface area contributed by atoms with Gasteiger partial charge in [-0.2, -0.15) is 0 Å². The van der Waals surface area contributed by atoms with Gasteiger partial charge < -0.3 is 41.2 Å². The number of pyridine rings is 1. The average Bonchev–Trinajstić information content (AvgIpc) is 2.94. The molecule has 3 heterocycles. The Bertz CT molecular complexity index is 1430. The minimum Gasteiger partial charge on any atom is -0.534 e. The van der Waals surface area contributed by atoms with Crippen LogP contribution in [0.5, 0.6) is 11.5 Å². The molecule has 0 aliphatic carbocycles. The van der Waals surface area contributed by atoms with Crippen molar-refractivity contribution in [1.82, 2.24) is 25.4 Å². The summed E-state index contributed by atoms with van der Waals surface area (Å²) in [5.74, 6) is -7.51. The molecule has 0 bridgehead atoms. The van der Waals surface area contributed by atoms with Crippen molar-refractivity contribution in [2.45, 2.75) is 37.8 Å². The molecule has 2 aliphatic heterocycles. The van der Waals surface area contributed by atoms with Crippen molar-refractivity contribution in [2.24, 2.45) is 5.73 Å². The van der Waals surface area contributed by atoms with Crippen molar-refractivity contribution in [3.8, 4) is 11.5 Å². The number of carbonyl (C=O) groups excluding carboxylic acids is 4. The van der Waals surface area contributed by atoms with Gasteiger partial charge in [-0.3, -0.25) is 24.3 Å². The summed E-state index contributed by atoms with van der Waals surface area (Å²) in [6, 6.07) is 0.968. The number of hydrogen-bond donors (Lipinski definition) is 6. The second-order valence-corrected chi connectivity index (χ2v) is 9.62. The molecule has 1 fully saturated rings. The summed E-state index contributed by atoms with van der Waals surface area (Å²) in [6.45, 7) is 1.93. The fourth-order valence-electron chi connectivity index (χ4n) is 4.85. The number of nitrogens with two attached hydrogens (primary N) is 1. The Kier molecular flexibility index (Phi) is 8.92. The summed E-state index contributed by atoms with van der Waals surface area (Å²) < 4.78 is 20.3. The second kappa shape index (κ2) is 12.4. The van der Waals surface area contributed by atoms with Crippen molar-refractivity contribution < 1.29 is 48.3 Å². The highest BCUT2D eigenvalue weighted by molar-refractivity contribution is 6.47. The van der Waals surface area contributed by atoms with Gasteiger partial charge in [0.2, 0.25) is 5.91 Å². The molecule has 42 heavy (non-hydrogen) atoms. The molecular weight excluding hydrogens is 558 g/mol. The number of halogens is 1. The molecule has 222 valence electrons. The third-order valence-corrected chi connectivity index (χ3v) is 6.92. The SMILES string of the molecule is CCN1C[C@H](CCN)N(C(=O)NC(C(=O)N[C@H]2Cc3cccc(C(=O)O)c3OB2O)c2ncc(O)cc2F)C(=O)C1=O. The minimum absolute atomic E-state index is 0.00226. The number of carbonyl (C=O) groups is 5. The van der Waals surface area contributed by atoms with Crippen molar-refractivity contribution in [1.29, 1.82) is 0 Å². The molecule has 1 aromatic heterocycles. The lowest BCUT2D eigenvalue weighted by Crippen LogP contribution is -2.64. The van der Waals surface area contributed by atoms with E-state index in [9.17, 15) is 43.6 Å². The van der Waals surface area contributed by atoms with Gasteiger partial charge in [-0.15, -0.1) is 0 Å². The van der Waals surface area contributed by atoms with Crippen molar-refractivity contribution in [2.75, 3.05) is 19.6 Å². The van der Waals surface area contributed by atoms with E-state index in [4.69, 9.17) is 10.4 Å². The van der Waals surface area contributed by atoms with Gasteiger partial charge >= 0.3 is 30.9 Å². The van der Waals surface area contributed by atoms with Gasteiger partial charge in [0.05, 0.1) is 23.7 Å². The van der Waals surface area contributed by atoms with Crippen LogP contribution in [0, 0.1) is 5.82 Å². The number of benzene rings is 1. The standard InChI is InChI=1S/C25H28BFN6O9/c1-2-32-11-13(6-7-28)33(23(37)22(32)36)25(40)31-19(18-16(27)9-14(34)10-29-18)21(35)30-17-8-12-4-3-5-15(24(38)39)20(12)42-26(17)41/h3-5,9-10,13,17,19,34,41H,2,6-8,11,28H2,1H3,(H,30,35)(H,31,40)(H,38,39)/t13-,17-,19?/m0/s1. The molecule has 1 saturated heterocycles. The number of amides is 5. The summed E-state index contributed by atoms with van der Waals surface area (Å²) in [7, 11) is -1.73. The molecule has 7 N–H and O–H groups in total. The number of nitrogens with zero attached hydrogens (tertiary/aromatic N) is 3. The fourth-order valence-corrected chi connectivity index (χ4v) is 4.85.